The average Bonchev–Trinajstić information content (AvgIpc) is 2.46. The highest BCUT2D eigenvalue weighted by Crippen LogP contribution is 2.30. The summed E-state index contributed by atoms with van der Waals surface area (Å²) in [5.74, 6) is 0. The van der Waals surface area contributed by atoms with Gasteiger partial charge >= 0.3 is 0 Å². The first-order chi connectivity index (χ1) is 9.65. The van der Waals surface area contributed by atoms with E-state index in [1.165, 1.54) is 10.9 Å². The van der Waals surface area contributed by atoms with E-state index in [1.54, 1.807) is 0 Å². The van der Waals surface area contributed by atoms with Crippen molar-refractivity contribution in [3.05, 3.63) is 81.8 Å². The van der Waals surface area contributed by atoms with Gasteiger partial charge in [0.25, 0.3) is 0 Å². The van der Waals surface area contributed by atoms with E-state index in [1.807, 2.05) is 49.4 Å². The van der Waals surface area contributed by atoms with E-state index >= 15 is 0 Å². The molecule has 0 fully saturated rings. The SMILES string of the molecule is Cc1ccc(C(O)c2ccc3ccccc3c2)c(Br)c1. The third kappa shape index (κ3) is 2.49. The van der Waals surface area contributed by atoms with E-state index in [4.69, 9.17) is 0 Å². The summed E-state index contributed by atoms with van der Waals surface area (Å²) in [5.41, 5.74) is 2.98. The van der Waals surface area contributed by atoms with E-state index < -0.39 is 6.10 Å². The molecule has 0 heterocycles. The largest absolute Gasteiger partial charge is 0.384 e. The molecule has 0 radical (unpaired) electrons. The van der Waals surface area contributed by atoms with Crippen molar-refractivity contribution in [2.45, 2.75) is 13.0 Å². The van der Waals surface area contributed by atoms with Gasteiger partial charge in [0, 0.05) is 4.47 Å². The molecule has 0 aromatic heterocycles. The lowest BCUT2D eigenvalue weighted by Gasteiger charge is -2.14. The molecule has 0 aliphatic rings. The standard InChI is InChI=1S/C18H15BrO/c1-12-6-9-16(17(19)10-12)18(20)15-8-7-13-4-2-3-5-14(13)11-15/h2-11,18,20H,1H3. The Bertz CT molecular complexity index is 764. The highest BCUT2D eigenvalue weighted by atomic mass is 79.9. The van der Waals surface area contributed by atoms with Crippen LogP contribution in [-0.4, -0.2) is 5.11 Å². The van der Waals surface area contributed by atoms with E-state index in [-0.39, 0.29) is 0 Å². The molecule has 0 saturated carbocycles. The molecule has 100 valence electrons. The molecule has 0 spiro atoms. The van der Waals surface area contributed by atoms with Gasteiger partial charge in [-0.1, -0.05) is 64.5 Å². The van der Waals surface area contributed by atoms with Crippen LogP contribution in [0.15, 0.2) is 65.1 Å². The van der Waals surface area contributed by atoms with Gasteiger partial charge in [0.1, 0.15) is 6.10 Å². The van der Waals surface area contributed by atoms with E-state index in [9.17, 15) is 5.11 Å². The Labute approximate surface area is 127 Å². The maximum Gasteiger partial charge on any atom is 0.105 e. The monoisotopic (exact) mass is 326 g/mol. The molecule has 1 nitrogen and oxygen atoms in total. The molecule has 3 aromatic carbocycles. The number of benzene rings is 3. The van der Waals surface area contributed by atoms with Crippen molar-refractivity contribution in [3.8, 4) is 0 Å². The first kappa shape index (κ1) is 13.3. The van der Waals surface area contributed by atoms with Crippen LogP contribution in [0.2, 0.25) is 0 Å². The smallest absolute Gasteiger partial charge is 0.105 e. The molecule has 1 atom stereocenters. The minimum Gasteiger partial charge on any atom is -0.384 e. The summed E-state index contributed by atoms with van der Waals surface area (Å²) >= 11 is 3.53. The van der Waals surface area contributed by atoms with Gasteiger partial charge < -0.3 is 5.11 Å². The van der Waals surface area contributed by atoms with Crippen molar-refractivity contribution in [3.63, 3.8) is 0 Å². The van der Waals surface area contributed by atoms with Crippen LogP contribution in [0.5, 0.6) is 0 Å². The lowest BCUT2D eigenvalue weighted by Crippen LogP contribution is -2.00. The number of aryl methyl sites for hydroxylation is 1. The lowest BCUT2D eigenvalue weighted by atomic mass is 9.98. The Morgan fingerprint density at radius 3 is 2.40 bits per heavy atom. The number of halogens is 1. The summed E-state index contributed by atoms with van der Waals surface area (Å²) < 4.78 is 0.943. The van der Waals surface area contributed by atoms with Gasteiger partial charge in [0.05, 0.1) is 0 Å². The molecular weight excluding hydrogens is 312 g/mol. The zero-order valence-corrected chi connectivity index (χ0v) is 12.8. The van der Waals surface area contributed by atoms with Crippen molar-refractivity contribution in [1.82, 2.24) is 0 Å². The Hall–Kier alpha value is -1.64. The quantitative estimate of drug-likeness (QED) is 0.703. The molecule has 3 rings (SSSR count). The molecule has 1 unspecified atom stereocenters. The van der Waals surface area contributed by atoms with Crippen molar-refractivity contribution >= 4 is 26.7 Å². The van der Waals surface area contributed by atoms with Crippen molar-refractivity contribution in [2.75, 3.05) is 0 Å². The van der Waals surface area contributed by atoms with Gasteiger partial charge in [-0.25, -0.2) is 0 Å². The summed E-state index contributed by atoms with van der Waals surface area (Å²) in [6.45, 7) is 2.04. The van der Waals surface area contributed by atoms with Crippen LogP contribution in [0.4, 0.5) is 0 Å². The van der Waals surface area contributed by atoms with Crippen LogP contribution in [0.25, 0.3) is 10.8 Å². The first-order valence-corrected chi connectivity index (χ1v) is 7.37. The Morgan fingerprint density at radius 1 is 0.900 bits per heavy atom. The predicted molar refractivity (Wildman–Crippen MR) is 86.9 cm³/mol. The normalized spacial score (nSPS) is 12.6. The highest BCUT2D eigenvalue weighted by Gasteiger charge is 2.14. The zero-order chi connectivity index (χ0) is 14.1. The van der Waals surface area contributed by atoms with Crippen LogP contribution >= 0.6 is 15.9 Å². The predicted octanol–water partition coefficient (Wildman–Crippen LogP) is 4.99. The van der Waals surface area contributed by atoms with Gasteiger partial charge in [-0.05, 0) is 46.5 Å². The molecular formula is C18H15BrO. The number of hydrogen-bond acceptors (Lipinski definition) is 1. The second-order valence-corrected chi connectivity index (χ2v) is 5.89. The lowest BCUT2D eigenvalue weighted by molar-refractivity contribution is 0.219. The minimum absolute atomic E-state index is 0.616. The minimum atomic E-state index is -0.616. The molecule has 2 heteroatoms. The fourth-order valence-electron chi connectivity index (χ4n) is 2.41. The first-order valence-electron chi connectivity index (χ1n) is 6.58. The van der Waals surface area contributed by atoms with E-state index in [0.29, 0.717) is 0 Å². The van der Waals surface area contributed by atoms with Crippen LogP contribution in [0.1, 0.15) is 22.8 Å². The molecule has 1 N–H and O–H groups in total. The Morgan fingerprint density at radius 2 is 1.65 bits per heavy atom. The van der Waals surface area contributed by atoms with Crippen LogP contribution in [0.3, 0.4) is 0 Å². The molecule has 0 aliphatic carbocycles. The molecule has 20 heavy (non-hydrogen) atoms. The fourth-order valence-corrected chi connectivity index (χ4v) is 3.12. The van der Waals surface area contributed by atoms with Gasteiger partial charge in [-0.2, -0.15) is 0 Å². The highest BCUT2D eigenvalue weighted by molar-refractivity contribution is 9.10. The molecule has 0 amide bonds. The summed E-state index contributed by atoms with van der Waals surface area (Å²) in [6, 6.07) is 20.3. The van der Waals surface area contributed by atoms with Crippen molar-refractivity contribution < 1.29 is 5.11 Å². The van der Waals surface area contributed by atoms with Gasteiger partial charge in [0.2, 0.25) is 0 Å². The number of rotatable bonds is 2. The third-order valence-corrected chi connectivity index (χ3v) is 4.23. The summed E-state index contributed by atoms with van der Waals surface area (Å²) in [4.78, 5) is 0. The zero-order valence-electron chi connectivity index (χ0n) is 11.2. The van der Waals surface area contributed by atoms with E-state index in [2.05, 4.69) is 34.1 Å². The maximum absolute atomic E-state index is 10.6. The van der Waals surface area contributed by atoms with E-state index in [0.717, 1.165) is 21.0 Å². The van der Waals surface area contributed by atoms with Crippen LogP contribution in [-0.2, 0) is 0 Å². The number of aliphatic hydroxyl groups excluding tert-OH is 1. The van der Waals surface area contributed by atoms with Crippen molar-refractivity contribution in [2.24, 2.45) is 0 Å². The molecule has 3 aromatic rings. The summed E-state index contributed by atoms with van der Waals surface area (Å²) in [5, 5.41) is 12.9. The number of aliphatic hydroxyl groups is 1. The number of fused-ring (bicyclic) bond motifs is 1. The Kier molecular flexibility index (Phi) is 3.60. The van der Waals surface area contributed by atoms with Crippen molar-refractivity contribution in [1.29, 1.82) is 0 Å². The third-order valence-electron chi connectivity index (χ3n) is 3.54. The van der Waals surface area contributed by atoms with Gasteiger partial charge in [-0.3, -0.25) is 0 Å². The molecule has 0 aliphatic heterocycles. The second kappa shape index (κ2) is 5.39. The summed E-state index contributed by atoms with van der Waals surface area (Å²) in [7, 11) is 0. The average molecular weight is 327 g/mol. The fraction of sp³-hybridized carbons (Fsp3) is 0.111. The topological polar surface area (TPSA) is 20.2 Å². The molecule has 0 saturated heterocycles. The second-order valence-electron chi connectivity index (χ2n) is 5.03. The summed E-state index contributed by atoms with van der Waals surface area (Å²) in [6.07, 6.45) is -0.616. The maximum atomic E-state index is 10.6. The van der Waals surface area contributed by atoms with Gasteiger partial charge in [0.15, 0.2) is 0 Å². The van der Waals surface area contributed by atoms with Gasteiger partial charge in [-0.15, -0.1) is 0 Å². The number of hydrogen-bond donors (Lipinski definition) is 1. The van der Waals surface area contributed by atoms with Crippen LogP contribution in [0, 0.1) is 6.92 Å². The Balaban J connectivity index is 2.05. The molecule has 0 bridgehead atoms. The van der Waals surface area contributed by atoms with Crippen LogP contribution < -0.4 is 0 Å².